The van der Waals surface area contributed by atoms with E-state index in [0.29, 0.717) is 6.54 Å². The Kier molecular flexibility index (Phi) is 2.22. The van der Waals surface area contributed by atoms with Crippen LogP contribution in [-0.2, 0) is 4.79 Å². The van der Waals surface area contributed by atoms with Crippen LogP contribution >= 0.6 is 0 Å². The Bertz CT molecular complexity index is 354. The lowest BCUT2D eigenvalue weighted by Gasteiger charge is -2.30. The lowest BCUT2D eigenvalue weighted by atomic mass is 10.2. The molecule has 0 amide bonds. The summed E-state index contributed by atoms with van der Waals surface area (Å²) in [7, 11) is 0. The molecule has 5 nitrogen and oxygen atoms in total. The Morgan fingerprint density at radius 3 is 3.36 bits per heavy atom. The van der Waals surface area contributed by atoms with E-state index in [0.717, 1.165) is 17.9 Å². The van der Waals surface area contributed by atoms with E-state index in [1.807, 2.05) is 11.0 Å². The summed E-state index contributed by atoms with van der Waals surface area (Å²) in [6.07, 6.45) is 3.38. The summed E-state index contributed by atoms with van der Waals surface area (Å²) in [6.45, 7) is 1.51. The Labute approximate surface area is 81.4 Å². The number of carbonyl (C=O) groups is 1. The molecule has 0 unspecified atom stereocenters. The molecular weight excluding hydrogens is 182 g/mol. The van der Waals surface area contributed by atoms with Gasteiger partial charge in [-0.15, -0.1) is 0 Å². The average Bonchev–Trinajstić information content (AvgIpc) is 2.18. The van der Waals surface area contributed by atoms with Crippen molar-refractivity contribution in [2.75, 3.05) is 29.9 Å². The van der Waals surface area contributed by atoms with Gasteiger partial charge < -0.3 is 15.3 Å². The van der Waals surface area contributed by atoms with Gasteiger partial charge in [0.05, 0.1) is 17.6 Å². The fraction of sp³-hybridized carbons (Fsp3) is 0.333. The van der Waals surface area contributed by atoms with Crippen LogP contribution in [0.4, 0.5) is 11.4 Å². The van der Waals surface area contributed by atoms with Gasteiger partial charge >= 0.3 is 5.97 Å². The van der Waals surface area contributed by atoms with E-state index >= 15 is 0 Å². The van der Waals surface area contributed by atoms with Crippen LogP contribution in [0.5, 0.6) is 0 Å². The Balaban J connectivity index is 2.26. The minimum absolute atomic E-state index is 0.0404. The molecular formula is C9H11N3O2. The molecule has 2 rings (SSSR count). The molecule has 14 heavy (non-hydrogen) atoms. The number of nitrogens with one attached hydrogen (secondary N) is 1. The molecule has 0 atom stereocenters. The van der Waals surface area contributed by atoms with Crippen molar-refractivity contribution in [1.29, 1.82) is 0 Å². The third-order valence-corrected chi connectivity index (χ3v) is 2.16. The first-order valence-electron chi connectivity index (χ1n) is 4.42. The molecule has 0 fully saturated rings. The first-order valence-corrected chi connectivity index (χ1v) is 4.42. The van der Waals surface area contributed by atoms with Crippen molar-refractivity contribution in [2.45, 2.75) is 0 Å². The van der Waals surface area contributed by atoms with E-state index in [2.05, 4.69) is 10.3 Å². The molecule has 1 aromatic rings. The predicted octanol–water partition coefficient (Wildman–Crippen LogP) is 0.398. The monoisotopic (exact) mass is 193 g/mol. The molecule has 0 saturated heterocycles. The van der Waals surface area contributed by atoms with Crippen molar-refractivity contribution in [2.24, 2.45) is 0 Å². The van der Waals surface area contributed by atoms with Gasteiger partial charge in [0.25, 0.3) is 0 Å². The zero-order chi connectivity index (χ0) is 9.97. The number of carboxylic acid groups (broad SMARTS) is 1. The fourth-order valence-electron chi connectivity index (χ4n) is 1.57. The van der Waals surface area contributed by atoms with Crippen LogP contribution < -0.4 is 10.2 Å². The normalized spacial score (nSPS) is 14.4. The first kappa shape index (κ1) is 8.80. The summed E-state index contributed by atoms with van der Waals surface area (Å²) in [5, 5.41) is 11.9. The highest BCUT2D eigenvalue weighted by Crippen LogP contribution is 2.26. The number of fused-ring (bicyclic) bond motifs is 1. The molecule has 5 heteroatoms. The molecule has 1 aromatic heterocycles. The smallest absolute Gasteiger partial charge is 0.323 e. The second-order valence-electron chi connectivity index (χ2n) is 3.13. The SMILES string of the molecule is O=C(O)CN1CCNc2cnccc21. The molecule has 74 valence electrons. The third-order valence-electron chi connectivity index (χ3n) is 2.16. The van der Waals surface area contributed by atoms with Gasteiger partial charge in [0.1, 0.15) is 6.54 Å². The zero-order valence-corrected chi connectivity index (χ0v) is 7.60. The number of aromatic nitrogens is 1. The van der Waals surface area contributed by atoms with Crippen molar-refractivity contribution in [1.82, 2.24) is 4.98 Å². The van der Waals surface area contributed by atoms with Crippen LogP contribution in [-0.4, -0.2) is 35.7 Å². The lowest BCUT2D eigenvalue weighted by Crippen LogP contribution is -2.37. The van der Waals surface area contributed by atoms with Gasteiger partial charge in [0.2, 0.25) is 0 Å². The summed E-state index contributed by atoms with van der Waals surface area (Å²) in [6, 6.07) is 1.82. The van der Waals surface area contributed by atoms with E-state index in [1.54, 1.807) is 12.4 Å². The number of hydrogen-bond acceptors (Lipinski definition) is 4. The zero-order valence-electron chi connectivity index (χ0n) is 7.60. The highest BCUT2D eigenvalue weighted by atomic mass is 16.4. The summed E-state index contributed by atoms with van der Waals surface area (Å²) in [4.78, 5) is 16.4. The van der Waals surface area contributed by atoms with E-state index in [1.165, 1.54) is 0 Å². The number of anilines is 2. The Morgan fingerprint density at radius 1 is 1.71 bits per heavy atom. The third kappa shape index (κ3) is 1.61. The summed E-state index contributed by atoms with van der Waals surface area (Å²) < 4.78 is 0. The maximum Gasteiger partial charge on any atom is 0.323 e. The number of pyridine rings is 1. The fourth-order valence-corrected chi connectivity index (χ4v) is 1.57. The van der Waals surface area contributed by atoms with E-state index in [-0.39, 0.29) is 6.54 Å². The highest BCUT2D eigenvalue weighted by molar-refractivity contribution is 5.78. The largest absolute Gasteiger partial charge is 0.480 e. The first-order chi connectivity index (χ1) is 6.77. The van der Waals surface area contributed by atoms with Gasteiger partial charge in [0.15, 0.2) is 0 Å². The van der Waals surface area contributed by atoms with Crippen molar-refractivity contribution >= 4 is 17.3 Å². The van der Waals surface area contributed by atoms with Gasteiger partial charge in [0, 0.05) is 19.3 Å². The summed E-state index contributed by atoms with van der Waals surface area (Å²) in [5.74, 6) is -0.810. The molecule has 0 radical (unpaired) electrons. The molecule has 0 aromatic carbocycles. The standard InChI is InChI=1S/C9H11N3O2/c13-9(14)6-12-4-3-11-7-5-10-2-1-8(7)12/h1-2,5,11H,3-4,6H2,(H,13,14). The second-order valence-corrected chi connectivity index (χ2v) is 3.13. The topological polar surface area (TPSA) is 65.5 Å². The van der Waals surface area contributed by atoms with Crippen LogP contribution in [0.15, 0.2) is 18.5 Å². The van der Waals surface area contributed by atoms with Gasteiger partial charge in [-0.05, 0) is 6.07 Å². The average molecular weight is 193 g/mol. The number of nitrogens with zero attached hydrogens (tertiary/aromatic N) is 2. The van der Waals surface area contributed by atoms with Gasteiger partial charge in [-0.2, -0.15) is 0 Å². The number of aliphatic carboxylic acids is 1. The molecule has 2 N–H and O–H groups in total. The number of carboxylic acids is 1. The van der Waals surface area contributed by atoms with Crippen LogP contribution in [0.1, 0.15) is 0 Å². The molecule has 0 bridgehead atoms. The van der Waals surface area contributed by atoms with Crippen LogP contribution in [0, 0.1) is 0 Å². The van der Waals surface area contributed by atoms with E-state index in [9.17, 15) is 4.79 Å². The van der Waals surface area contributed by atoms with Crippen LogP contribution in [0.2, 0.25) is 0 Å². The van der Waals surface area contributed by atoms with Crippen LogP contribution in [0.25, 0.3) is 0 Å². The maximum atomic E-state index is 10.6. The van der Waals surface area contributed by atoms with Gasteiger partial charge in [-0.3, -0.25) is 9.78 Å². The summed E-state index contributed by atoms with van der Waals surface area (Å²) >= 11 is 0. The molecule has 0 aliphatic carbocycles. The number of rotatable bonds is 2. The Morgan fingerprint density at radius 2 is 2.57 bits per heavy atom. The molecule has 1 aliphatic heterocycles. The molecule has 2 heterocycles. The Hall–Kier alpha value is -1.78. The van der Waals surface area contributed by atoms with Crippen molar-refractivity contribution in [3.63, 3.8) is 0 Å². The van der Waals surface area contributed by atoms with Crippen LogP contribution in [0.3, 0.4) is 0 Å². The maximum absolute atomic E-state index is 10.6. The predicted molar refractivity (Wildman–Crippen MR) is 52.6 cm³/mol. The van der Waals surface area contributed by atoms with Crippen molar-refractivity contribution in [3.05, 3.63) is 18.5 Å². The van der Waals surface area contributed by atoms with Gasteiger partial charge in [-0.1, -0.05) is 0 Å². The highest BCUT2D eigenvalue weighted by Gasteiger charge is 2.17. The minimum Gasteiger partial charge on any atom is -0.480 e. The minimum atomic E-state index is -0.810. The molecule has 0 saturated carbocycles. The van der Waals surface area contributed by atoms with Crippen molar-refractivity contribution in [3.8, 4) is 0 Å². The van der Waals surface area contributed by atoms with Crippen molar-refractivity contribution < 1.29 is 9.90 Å². The molecule has 0 spiro atoms. The van der Waals surface area contributed by atoms with Gasteiger partial charge in [-0.25, -0.2) is 0 Å². The second kappa shape index (κ2) is 3.53. The van der Waals surface area contributed by atoms with E-state index < -0.39 is 5.97 Å². The lowest BCUT2D eigenvalue weighted by molar-refractivity contribution is -0.135. The quantitative estimate of drug-likeness (QED) is 0.711. The van der Waals surface area contributed by atoms with E-state index in [4.69, 9.17) is 5.11 Å². The molecule has 1 aliphatic rings. The summed E-state index contributed by atoms with van der Waals surface area (Å²) in [5.41, 5.74) is 1.81. The number of hydrogen-bond donors (Lipinski definition) is 2.